The van der Waals surface area contributed by atoms with E-state index in [2.05, 4.69) is 12.2 Å². The van der Waals surface area contributed by atoms with E-state index in [1.807, 2.05) is 0 Å². The molecule has 0 radical (unpaired) electrons. The van der Waals surface area contributed by atoms with Crippen LogP contribution in [0.2, 0.25) is 0 Å². The monoisotopic (exact) mass is 184 g/mol. The second-order valence-electron chi connectivity index (χ2n) is 4.20. The molecule has 1 amide bonds. The summed E-state index contributed by atoms with van der Waals surface area (Å²) in [6.07, 6.45) is 3.86. The number of hydrogen-bond donors (Lipinski definition) is 2. The molecule has 0 aromatic rings. The van der Waals surface area contributed by atoms with Gasteiger partial charge in [-0.15, -0.1) is 0 Å². The third kappa shape index (κ3) is 2.99. The highest BCUT2D eigenvalue weighted by molar-refractivity contribution is 5.80. The van der Waals surface area contributed by atoms with Crippen LogP contribution in [-0.2, 0) is 4.79 Å². The van der Waals surface area contributed by atoms with Crippen molar-refractivity contribution in [1.82, 2.24) is 5.32 Å². The Kier molecular flexibility index (Phi) is 3.72. The number of nitrogens with one attached hydrogen (secondary N) is 1. The molecule has 3 nitrogen and oxygen atoms in total. The maximum Gasteiger partial charge on any atom is 0.236 e. The lowest BCUT2D eigenvalue weighted by molar-refractivity contribution is -0.122. The van der Waals surface area contributed by atoms with Gasteiger partial charge in [-0.25, -0.2) is 0 Å². The normalized spacial score (nSPS) is 30.1. The lowest BCUT2D eigenvalue weighted by Gasteiger charge is -2.16. The van der Waals surface area contributed by atoms with Crippen LogP contribution in [0, 0.1) is 11.8 Å². The Hall–Kier alpha value is -0.570. The maximum atomic E-state index is 11.2. The Labute approximate surface area is 80.1 Å². The Balaban J connectivity index is 2.22. The molecule has 1 rings (SSSR count). The third-order valence-corrected chi connectivity index (χ3v) is 2.99. The van der Waals surface area contributed by atoms with Gasteiger partial charge >= 0.3 is 0 Å². The van der Waals surface area contributed by atoms with Crippen molar-refractivity contribution in [3.8, 4) is 0 Å². The van der Waals surface area contributed by atoms with E-state index in [1.165, 1.54) is 19.3 Å². The predicted octanol–water partition coefficient (Wildman–Crippen LogP) is 0.886. The van der Waals surface area contributed by atoms with Crippen molar-refractivity contribution in [3.05, 3.63) is 0 Å². The van der Waals surface area contributed by atoms with Crippen LogP contribution in [0.4, 0.5) is 0 Å². The molecule has 3 N–H and O–H groups in total. The molecule has 1 fully saturated rings. The molecule has 1 saturated carbocycles. The molecule has 1 aliphatic carbocycles. The Morgan fingerprint density at radius 2 is 2.31 bits per heavy atom. The zero-order chi connectivity index (χ0) is 9.84. The first kappa shape index (κ1) is 10.5. The first-order valence-electron chi connectivity index (χ1n) is 5.14. The van der Waals surface area contributed by atoms with E-state index in [0.717, 1.165) is 12.5 Å². The van der Waals surface area contributed by atoms with Gasteiger partial charge in [-0.2, -0.15) is 0 Å². The second kappa shape index (κ2) is 4.61. The number of carbonyl (C=O) groups is 1. The number of nitrogens with two attached hydrogens (primary N) is 1. The van der Waals surface area contributed by atoms with E-state index in [9.17, 15) is 4.79 Å². The molecule has 0 heterocycles. The molecule has 0 saturated heterocycles. The van der Waals surface area contributed by atoms with Gasteiger partial charge in [0, 0.05) is 6.54 Å². The summed E-state index contributed by atoms with van der Waals surface area (Å²) in [5.74, 6) is 1.40. The van der Waals surface area contributed by atoms with Crippen LogP contribution < -0.4 is 11.1 Å². The van der Waals surface area contributed by atoms with Crippen LogP contribution in [0.25, 0.3) is 0 Å². The van der Waals surface area contributed by atoms with Gasteiger partial charge in [0.2, 0.25) is 5.91 Å². The summed E-state index contributed by atoms with van der Waals surface area (Å²) in [5.41, 5.74) is 5.44. The smallest absolute Gasteiger partial charge is 0.236 e. The molecule has 0 bridgehead atoms. The van der Waals surface area contributed by atoms with Gasteiger partial charge < -0.3 is 11.1 Å². The van der Waals surface area contributed by atoms with Gasteiger partial charge in [0.05, 0.1) is 6.04 Å². The van der Waals surface area contributed by atoms with Crippen molar-refractivity contribution in [2.45, 2.75) is 39.2 Å². The largest absolute Gasteiger partial charge is 0.354 e. The van der Waals surface area contributed by atoms with Crippen molar-refractivity contribution in [2.24, 2.45) is 17.6 Å². The summed E-state index contributed by atoms with van der Waals surface area (Å²) in [6.45, 7) is 4.78. The number of hydrogen-bond acceptors (Lipinski definition) is 2. The van der Waals surface area contributed by atoms with E-state index >= 15 is 0 Å². The van der Waals surface area contributed by atoms with Crippen molar-refractivity contribution in [1.29, 1.82) is 0 Å². The van der Waals surface area contributed by atoms with Crippen LogP contribution in [0.15, 0.2) is 0 Å². The van der Waals surface area contributed by atoms with Gasteiger partial charge in [0.25, 0.3) is 0 Å². The molecule has 0 spiro atoms. The van der Waals surface area contributed by atoms with Crippen molar-refractivity contribution < 1.29 is 4.79 Å². The molecule has 3 atom stereocenters. The van der Waals surface area contributed by atoms with E-state index in [0.29, 0.717) is 5.92 Å². The van der Waals surface area contributed by atoms with Crippen molar-refractivity contribution in [2.75, 3.05) is 6.54 Å². The number of amides is 1. The quantitative estimate of drug-likeness (QED) is 0.684. The molecule has 3 heteroatoms. The van der Waals surface area contributed by atoms with Crippen molar-refractivity contribution in [3.63, 3.8) is 0 Å². The lowest BCUT2D eigenvalue weighted by atomic mass is 9.98. The topological polar surface area (TPSA) is 55.1 Å². The molecule has 0 aromatic carbocycles. The summed E-state index contributed by atoms with van der Waals surface area (Å²) in [4.78, 5) is 11.2. The number of rotatable bonds is 3. The van der Waals surface area contributed by atoms with Gasteiger partial charge in [-0.3, -0.25) is 4.79 Å². The fourth-order valence-corrected chi connectivity index (χ4v) is 1.92. The summed E-state index contributed by atoms with van der Waals surface area (Å²) < 4.78 is 0. The zero-order valence-corrected chi connectivity index (χ0v) is 8.55. The summed E-state index contributed by atoms with van der Waals surface area (Å²) >= 11 is 0. The van der Waals surface area contributed by atoms with Gasteiger partial charge in [-0.1, -0.05) is 19.8 Å². The first-order chi connectivity index (χ1) is 6.11. The average Bonchev–Trinajstić information content (AvgIpc) is 2.47. The van der Waals surface area contributed by atoms with Crippen LogP contribution in [0.3, 0.4) is 0 Å². The predicted molar refractivity (Wildman–Crippen MR) is 53.2 cm³/mol. The molecule has 0 aromatic heterocycles. The van der Waals surface area contributed by atoms with Gasteiger partial charge in [-0.05, 0) is 25.2 Å². The maximum absolute atomic E-state index is 11.2. The van der Waals surface area contributed by atoms with E-state index in [4.69, 9.17) is 5.73 Å². The van der Waals surface area contributed by atoms with Crippen LogP contribution in [0.1, 0.15) is 33.1 Å². The first-order valence-corrected chi connectivity index (χ1v) is 5.14. The van der Waals surface area contributed by atoms with Crippen LogP contribution >= 0.6 is 0 Å². The van der Waals surface area contributed by atoms with Gasteiger partial charge in [0.15, 0.2) is 0 Å². The Morgan fingerprint density at radius 1 is 1.62 bits per heavy atom. The fourth-order valence-electron chi connectivity index (χ4n) is 1.92. The minimum atomic E-state index is -0.378. The molecule has 1 aliphatic rings. The Bertz CT molecular complexity index is 180. The summed E-state index contributed by atoms with van der Waals surface area (Å²) in [6, 6.07) is -0.378. The van der Waals surface area contributed by atoms with Crippen molar-refractivity contribution >= 4 is 5.91 Å². The molecule has 76 valence electrons. The second-order valence-corrected chi connectivity index (χ2v) is 4.20. The SMILES string of the molecule is CC1CCCC1CNC(=O)[C@H](C)N. The van der Waals surface area contributed by atoms with Crippen LogP contribution in [-0.4, -0.2) is 18.5 Å². The minimum Gasteiger partial charge on any atom is -0.354 e. The van der Waals surface area contributed by atoms with Gasteiger partial charge in [0.1, 0.15) is 0 Å². The molecule has 0 aliphatic heterocycles. The molecular formula is C10H20N2O. The lowest BCUT2D eigenvalue weighted by Crippen LogP contribution is -2.40. The zero-order valence-electron chi connectivity index (χ0n) is 8.55. The molecular weight excluding hydrogens is 164 g/mol. The molecule has 2 unspecified atom stereocenters. The van der Waals surface area contributed by atoms with E-state index in [1.54, 1.807) is 6.92 Å². The third-order valence-electron chi connectivity index (χ3n) is 2.99. The Morgan fingerprint density at radius 3 is 2.77 bits per heavy atom. The highest BCUT2D eigenvalue weighted by Crippen LogP contribution is 2.30. The number of carbonyl (C=O) groups excluding carboxylic acids is 1. The highest BCUT2D eigenvalue weighted by Gasteiger charge is 2.23. The average molecular weight is 184 g/mol. The van der Waals surface area contributed by atoms with E-state index < -0.39 is 0 Å². The highest BCUT2D eigenvalue weighted by atomic mass is 16.2. The van der Waals surface area contributed by atoms with E-state index in [-0.39, 0.29) is 11.9 Å². The summed E-state index contributed by atoms with van der Waals surface area (Å²) in [7, 11) is 0. The van der Waals surface area contributed by atoms with Crippen LogP contribution in [0.5, 0.6) is 0 Å². The summed E-state index contributed by atoms with van der Waals surface area (Å²) in [5, 5.41) is 2.89. The minimum absolute atomic E-state index is 0.0286. The molecule has 13 heavy (non-hydrogen) atoms. The standard InChI is InChI=1S/C10H20N2O/c1-7-4-3-5-9(7)6-12-10(13)8(2)11/h7-9H,3-6,11H2,1-2H3,(H,12,13)/t7?,8-,9?/m0/s1. The fraction of sp³-hybridized carbons (Fsp3) is 0.900.